The van der Waals surface area contributed by atoms with Crippen LogP contribution in [-0.2, 0) is 0 Å². The van der Waals surface area contributed by atoms with Crippen LogP contribution in [0.4, 0.5) is 11.4 Å². The van der Waals surface area contributed by atoms with E-state index < -0.39 is 0 Å². The fourth-order valence-corrected chi connectivity index (χ4v) is 2.82. The van der Waals surface area contributed by atoms with Crippen molar-refractivity contribution in [2.75, 3.05) is 10.6 Å². The highest BCUT2D eigenvalue weighted by atomic mass is 79.9. The first-order chi connectivity index (χ1) is 12.5. The molecule has 0 aliphatic heterocycles. The first-order valence-electron chi connectivity index (χ1n) is 8.07. The normalized spacial score (nSPS) is 10.2. The summed E-state index contributed by atoms with van der Waals surface area (Å²) in [5.41, 5.74) is 3.21. The molecule has 0 radical (unpaired) electrons. The minimum atomic E-state index is -0.243. The molecule has 0 unspecified atom stereocenters. The largest absolute Gasteiger partial charge is 0.322 e. The van der Waals surface area contributed by atoms with Crippen molar-refractivity contribution in [2.24, 2.45) is 0 Å². The quantitative estimate of drug-likeness (QED) is 0.618. The Morgan fingerprint density at radius 3 is 2.08 bits per heavy atom. The third-order valence-electron chi connectivity index (χ3n) is 3.91. The van der Waals surface area contributed by atoms with Crippen LogP contribution in [0.3, 0.4) is 0 Å². The summed E-state index contributed by atoms with van der Waals surface area (Å²) in [5.74, 6) is -0.454. The Kier molecular flexibility index (Phi) is 5.49. The Morgan fingerprint density at radius 1 is 0.731 bits per heavy atom. The van der Waals surface area contributed by atoms with Crippen LogP contribution in [0.1, 0.15) is 26.3 Å². The summed E-state index contributed by atoms with van der Waals surface area (Å²) in [5, 5.41) is 5.73. The van der Waals surface area contributed by atoms with Gasteiger partial charge < -0.3 is 10.6 Å². The van der Waals surface area contributed by atoms with Gasteiger partial charge in [0, 0.05) is 21.3 Å². The maximum absolute atomic E-state index is 12.5. The summed E-state index contributed by atoms with van der Waals surface area (Å²) >= 11 is 3.41. The number of rotatable bonds is 4. The van der Waals surface area contributed by atoms with Crippen LogP contribution in [0, 0.1) is 6.92 Å². The summed E-state index contributed by atoms with van der Waals surface area (Å²) in [4.78, 5) is 24.9. The predicted molar refractivity (Wildman–Crippen MR) is 108 cm³/mol. The molecule has 26 heavy (non-hydrogen) atoms. The predicted octanol–water partition coefficient (Wildman–Crippen LogP) is 5.26. The second-order valence-electron chi connectivity index (χ2n) is 5.78. The van der Waals surface area contributed by atoms with Gasteiger partial charge in [0.15, 0.2) is 0 Å². The molecule has 4 nitrogen and oxygen atoms in total. The molecule has 0 heterocycles. The van der Waals surface area contributed by atoms with Crippen molar-refractivity contribution in [1.29, 1.82) is 0 Å². The molecule has 0 fully saturated rings. The van der Waals surface area contributed by atoms with Gasteiger partial charge in [0.05, 0.1) is 5.69 Å². The standard InChI is InChI=1S/C21H17BrN2O2/c1-14-11-12-16(21(26)23-18-10-6-5-9-17(18)22)13-19(14)24-20(25)15-7-3-2-4-8-15/h2-13H,1H3,(H,23,26)(H,24,25). The third kappa shape index (κ3) is 4.18. The summed E-state index contributed by atoms with van der Waals surface area (Å²) in [6, 6.07) is 21.6. The van der Waals surface area contributed by atoms with Gasteiger partial charge in [-0.3, -0.25) is 9.59 Å². The maximum atomic E-state index is 12.5. The minimum absolute atomic E-state index is 0.211. The number of anilines is 2. The Bertz CT molecular complexity index is 955. The molecule has 0 aliphatic carbocycles. The lowest BCUT2D eigenvalue weighted by Crippen LogP contribution is -2.15. The summed E-state index contributed by atoms with van der Waals surface area (Å²) in [7, 11) is 0. The molecule has 2 amide bonds. The van der Waals surface area contributed by atoms with Crippen LogP contribution in [0.15, 0.2) is 77.3 Å². The molecule has 0 aliphatic rings. The lowest BCUT2D eigenvalue weighted by molar-refractivity contribution is 0.101. The molecule has 2 N–H and O–H groups in total. The SMILES string of the molecule is Cc1ccc(C(=O)Nc2ccccc2Br)cc1NC(=O)c1ccccc1. The Hall–Kier alpha value is -2.92. The summed E-state index contributed by atoms with van der Waals surface area (Å²) < 4.78 is 0.804. The number of amides is 2. The molecule has 3 rings (SSSR count). The van der Waals surface area contributed by atoms with Crippen LogP contribution in [-0.4, -0.2) is 11.8 Å². The van der Waals surface area contributed by atoms with Crippen LogP contribution < -0.4 is 10.6 Å². The van der Waals surface area contributed by atoms with Crippen LogP contribution in [0.25, 0.3) is 0 Å². The van der Waals surface area contributed by atoms with Gasteiger partial charge in [-0.1, -0.05) is 36.4 Å². The average molecular weight is 409 g/mol. The molecular weight excluding hydrogens is 392 g/mol. The van der Waals surface area contributed by atoms with E-state index in [-0.39, 0.29) is 11.8 Å². The molecule has 3 aromatic carbocycles. The number of benzene rings is 3. The van der Waals surface area contributed by atoms with Gasteiger partial charge in [-0.2, -0.15) is 0 Å². The van der Waals surface area contributed by atoms with Crippen LogP contribution >= 0.6 is 15.9 Å². The number of hydrogen-bond acceptors (Lipinski definition) is 2. The van der Waals surface area contributed by atoms with Crippen LogP contribution in [0.2, 0.25) is 0 Å². The van der Waals surface area contributed by atoms with Crippen molar-refractivity contribution < 1.29 is 9.59 Å². The first kappa shape index (κ1) is 17.9. The van der Waals surface area contributed by atoms with Crippen molar-refractivity contribution in [1.82, 2.24) is 0 Å². The number of hydrogen-bond donors (Lipinski definition) is 2. The van der Waals surface area contributed by atoms with Gasteiger partial charge in [-0.05, 0) is 64.8 Å². The first-order valence-corrected chi connectivity index (χ1v) is 8.87. The second kappa shape index (κ2) is 7.97. The average Bonchev–Trinajstić information content (AvgIpc) is 2.66. The topological polar surface area (TPSA) is 58.2 Å². The highest BCUT2D eigenvalue weighted by Crippen LogP contribution is 2.23. The second-order valence-corrected chi connectivity index (χ2v) is 6.64. The van der Waals surface area contributed by atoms with Gasteiger partial charge in [0.25, 0.3) is 11.8 Å². The fraction of sp³-hybridized carbons (Fsp3) is 0.0476. The number of nitrogens with one attached hydrogen (secondary N) is 2. The Balaban J connectivity index is 1.80. The molecule has 0 atom stereocenters. The van der Waals surface area contributed by atoms with E-state index in [1.54, 1.807) is 24.3 Å². The van der Waals surface area contributed by atoms with Crippen LogP contribution in [0.5, 0.6) is 0 Å². The monoisotopic (exact) mass is 408 g/mol. The molecule has 0 saturated heterocycles. The molecule has 0 saturated carbocycles. The van der Waals surface area contributed by atoms with Gasteiger partial charge in [0.1, 0.15) is 0 Å². The molecule has 130 valence electrons. The summed E-state index contributed by atoms with van der Waals surface area (Å²) in [6.45, 7) is 1.88. The van der Waals surface area contributed by atoms with Crippen molar-refractivity contribution >= 4 is 39.1 Å². The van der Waals surface area contributed by atoms with Gasteiger partial charge in [0.2, 0.25) is 0 Å². The molecule has 3 aromatic rings. The highest BCUT2D eigenvalue weighted by Gasteiger charge is 2.12. The Labute approximate surface area is 160 Å². The van der Waals surface area contributed by atoms with Crippen molar-refractivity contribution in [3.8, 4) is 0 Å². The van der Waals surface area contributed by atoms with Gasteiger partial charge in [-0.25, -0.2) is 0 Å². The lowest BCUT2D eigenvalue weighted by Gasteiger charge is -2.12. The third-order valence-corrected chi connectivity index (χ3v) is 4.60. The number of halogens is 1. The van der Waals surface area contributed by atoms with E-state index in [2.05, 4.69) is 26.6 Å². The van der Waals surface area contributed by atoms with Crippen molar-refractivity contribution in [3.63, 3.8) is 0 Å². The molecule has 0 aromatic heterocycles. The molecule has 0 bridgehead atoms. The van der Waals surface area contributed by atoms with E-state index in [0.29, 0.717) is 22.5 Å². The number of aryl methyl sites for hydroxylation is 1. The molecular formula is C21H17BrN2O2. The minimum Gasteiger partial charge on any atom is -0.322 e. The van der Waals surface area contributed by atoms with Crippen molar-refractivity contribution in [3.05, 3.63) is 94.0 Å². The fourth-order valence-electron chi connectivity index (χ4n) is 2.44. The van der Waals surface area contributed by atoms with Gasteiger partial charge >= 0.3 is 0 Å². The van der Waals surface area contributed by atoms with E-state index >= 15 is 0 Å². The van der Waals surface area contributed by atoms with Crippen molar-refractivity contribution in [2.45, 2.75) is 6.92 Å². The lowest BCUT2D eigenvalue weighted by atomic mass is 10.1. The number of para-hydroxylation sites is 1. The van der Waals surface area contributed by atoms with E-state index in [0.717, 1.165) is 10.0 Å². The number of carbonyl (C=O) groups is 2. The van der Waals surface area contributed by atoms with E-state index in [1.807, 2.05) is 55.5 Å². The zero-order valence-electron chi connectivity index (χ0n) is 14.1. The molecule has 0 spiro atoms. The molecule has 5 heteroatoms. The maximum Gasteiger partial charge on any atom is 0.255 e. The Morgan fingerprint density at radius 2 is 1.35 bits per heavy atom. The van der Waals surface area contributed by atoms with E-state index in [9.17, 15) is 9.59 Å². The smallest absolute Gasteiger partial charge is 0.255 e. The zero-order valence-corrected chi connectivity index (χ0v) is 15.7. The summed E-state index contributed by atoms with van der Waals surface area (Å²) in [6.07, 6.45) is 0. The number of carbonyl (C=O) groups excluding carboxylic acids is 2. The van der Waals surface area contributed by atoms with E-state index in [1.165, 1.54) is 0 Å². The highest BCUT2D eigenvalue weighted by molar-refractivity contribution is 9.10. The van der Waals surface area contributed by atoms with E-state index in [4.69, 9.17) is 0 Å². The van der Waals surface area contributed by atoms with Gasteiger partial charge in [-0.15, -0.1) is 0 Å². The zero-order chi connectivity index (χ0) is 18.5.